The van der Waals surface area contributed by atoms with E-state index < -0.39 is 6.10 Å². The summed E-state index contributed by atoms with van der Waals surface area (Å²) in [4.78, 5) is 18.0. The van der Waals surface area contributed by atoms with E-state index in [0.717, 1.165) is 23.6 Å². The van der Waals surface area contributed by atoms with Crippen LogP contribution in [0.1, 0.15) is 11.4 Å². The predicted molar refractivity (Wildman–Crippen MR) is 67.7 cm³/mol. The van der Waals surface area contributed by atoms with E-state index in [4.69, 9.17) is 9.47 Å². The summed E-state index contributed by atoms with van der Waals surface area (Å²) >= 11 is 0. The first kappa shape index (κ1) is 12.8. The Kier molecular flexibility index (Phi) is 3.81. The molecule has 1 aromatic rings. The van der Waals surface area contributed by atoms with Gasteiger partial charge in [0.05, 0.1) is 20.3 Å². The van der Waals surface area contributed by atoms with E-state index in [1.54, 1.807) is 0 Å². The zero-order valence-electron chi connectivity index (χ0n) is 11.0. The summed E-state index contributed by atoms with van der Waals surface area (Å²) in [5.74, 6) is -0.317. The Balaban J connectivity index is 2.15. The molecule has 18 heavy (non-hydrogen) atoms. The maximum Gasteiger partial charge on any atom is 0.336 e. The number of carbonyl (C=O) groups excluding carboxylic acids is 1. The van der Waals surface area contributed by atoms with E-state index in [9.17, 15) is 4.79 Å². The van der Waals surface area contributed by atoms with Crippen LogP contribution in [0.5, 0.6) is 0 Å². The molecule has 2 heterocycles. The maximum atomic E-state index is 11.5. The summed E-state index contributed by atoms with van der Waals surface area (Å²) in [6, 6.07) is 4.04. The topological polar surface area (TPSA) is 51.7 Å². The van der Waals surface area contributed by atoms with E-state index in [-0.39, 0.29) is 5.97 Å². The standard InChI is InChI=1S/C13H18N2O3/c1-9-6-11(7-10(2)14-9)15-4-5-18-12(8-15)13(16)17-3/h6-7,12H,4-5,8H2,1-3H3. The highest BCUT2D eigenvalue weighted by Crippen LogP contribution is 2.19. The Morgan fingerprint density at radius 3 is 2.72 bits per heavy atom. The average molecular weight is 250 g/mol. The van der Waals surface area contributed by atoms with Crippen LogP contribution in [-0.4, -0.2) is 43.9 Å². The molecule has 5 nitrogen and oxygen atoms in total. The highest BCUT2D eigenvalue weighted by molar-refractivity contribution is 5.75. The van der Waals surface area contributed by atoms with Crippen molar-refractivity contribution in [2.75, 3.05) is 31.7 Å². The van der Waals surface area contributed by atoms with Crippen LogP contribution >= 0.6 is 0 Å². The van der Waals surface area contributed by atoms with Gasteiger partial charge in [0.2, 0.25) is 0 Å². The number of hydrogen-bond donors (Lipinski definition) is 0. The minimum atomic E-state index is -0.502. The van der Waals surface area contributed by atoms with Crippen LogP contribution in [0.4, 0.5) is 5.69 Å². The van der Waals surface area contributed by atoms with Crippen molar-refractivity contribution in [3.63, 3.8) is 0 Å². The summed E-state index contributed by atoms with van der Waals surface area (Å²) in [6.45, 7) is 5.76. The third-order valence-electron chi connectivity index (χ3n) is 2.96. The summed E-state index contributed by atoms with van der Waals surface area (Å²) < 4.78 is 10.1. The Labute approximate surface area is 107 Å². The van der Waals surface area contributed by atoms with E-state index in [1.165, 1.54) is 7.11 Å². The summed E-state index contributed by atoms with van der Waals surface area (Å²) in [5.41, 5.74) is 3.04. The van der Waals surface area contributed by atoms with Crippen molar-refractivity contribution < 1.29 is 14.3 Å². The van der Waals surface area contributed by atoms with Gasteiger partial charge in [-0.1, -0.05) is 0 Å². The SMILES string of the molecule is COC(=O)C1CN(c2cc(C)nc(C)c2)CCO1. The van der Waals surface area contributed by atoms with Crippen LogP contribution in [0.3, 0.4) is 0 Å². The van der Waals surface area contributed by atoms with Crippen molar-refractivity contribution >= 4 is 11.7 Å². The van der Waals surface area contributed by atoms with Gasteiger partial charge in [0.1, 0.15) is 0 Å². The van der Waals surface area contributed by atoms with Gasteiger partial charge in [-0.05, 0) is 26.0 Å². The number of aromatic nitrogens is 1. The molecule has 0 amide bonds. The Morgan fingerprint density at radius 1 is 1.44 bits per heavy atom. The first-order valence-corrected chi connectivity index (χ1v) is 6.00. The largest absolute Gasteiger partial charge is 0.467 e. The normalized spacial score (nSPS) is 19.7. The first-order valence-electron chi connectivity index (χ1n) is 6.00. The highest BCUT2D eigenvalue weighted by Gasteiger charge is 2.27. The van der Waals surface area contributed by atoms with Crippen molar-refractivity contribution in [2.45, 2.75) is 20.0 Å². The molecule has 1 unspecified atom stereocenters. The van der Waals surface area contributed by atoms with Crippen LogP contribution in [-0.2, 0) is 14.3 Å². The zero-order chi connectivity index (χ0) is 13.1. The lowest BCUT2D eigenvalue weighted by molar-refractivity contribution is -0.154. The molecule has 1 fully saturated rings. The highest BCUT2D eigenvalue weighted by atomic mass is 16.6. The number of esters is 1. The minimum absolute atomic E-state index is 0.317. The fourth-order valence-corrected chi connectivity index (χ4v) is 2.15. The van der Waals surface area contributed by atoms with Crippen molar-refractivity contribution in [1.29, 1.82) is 0 Å². The van der Waals surface area contributed by atoms with E-state index in [1.807, 2.05) is 26.0 Å². The third-order valence-corrected chi connectivity index (χ3v) is 2.96. The molecule has 98 valence electrons. The number of anilines is 1. The second kappa shape index (κ2) is 5.35. The van der Waals surface area contributed by atoms with Crippen LogP contribution in [0.25, 0.3) is 0 Å². The van der Waals surface area contributed by atoms with Gasteiger partial charge in [-0.15, -0.1) is 0 Å². The lowest BCUT2D eigenvalue weighted by Crippen LogP contribution is -2.46. The number of pyridine rings is 1. The summed E-state index contributed by atoms with van der Waals surface area (Å²) in [7, 11) is 1.38. The molecule has 1 aliphatic heterocycles. The van der Waals surface area contributed by atoms with Crippen molar-refractivity contribution in [1.82, 2.24) is 4.98 Å². The molecule has 0 N–H and O–H groups in total. The summed E-state index contributed by atoms with van der Waals surface area (Å²) in [6.07, 6.45) is -0.502. The predicted octanol–water partition coefficient (Wildman–Crippen LogP) is 1.08. The van der Waals surface area contributed by atoms with Crippen LogP contribution in [0.2, 0.25) is 0 Å². The van der Waals surface area contributed by atoms with Gasteiger partial charge >= 0.3 is 5.97 Å². The Hall–Kier alpha value is -1.62. The second-order valence-electron chi connectivity index (χ2n) is 4.44. The molecule has 1 atom stereocenters. The average Bonchev–Trinajstić information content (AvgIpc) is 2.37. The molecule has 1 aliphatic rings. The van der Waals surface area contributed by atoms with E-state index >= 15 is 0 Å². The van der Waals surface area contributed by atoms with Gasteiger partial charge < -0.3 is 14.4 Å². The molecule has 1 saturated heterocycles. The molecule has 2 rings (SSSR count). The van der Waals surface area contributed by atoms with Crippen molar-refractivity contribution in [3.05, 3.63) is 23.5 Å². The first-order chi connectivity index (χ1) is 8.60. The molecule has 0 saturated carbocycles. The van der Waals surface area contributed by atoms with Gasteiger partial charge in [0.25, 0.3) is 0 Å². The Morgan fingerprint density at radius 2 is 2.11 bits per heavy atom. The fraction of sp³-hybridized carbons (Fsp3) is 0.538. The monoisotopic (exact) mass is 250 g/mol. The molecule has 0 aromatic carbocycles. The fourth-order valence-electron chi connectivity index (χ4n) is 2.15. The second-order valence-corrected chi connectivity index (χ2v) is 4.44. The number of nitrogens with zero attached hydrogens (tertiary/aromatic N) is 2. The van der Waals surface area contributed by atoms with Gasteiger partial charge in [0, 0.05) is 23.6 Å². The molecule has 0 bridgehead atoms. The Bertz CT molecular complexity index is 428. The van der Waals surface area contributed by atoms with Gasteiger partial charge in [-0.25, -0.2) is 4.79 Å². The minimum Gasteiger partial charge on any atom is -0.467 e. The lowest BCUT2D eigenvalue weighted by Gasteiger charge is -2.33. The molecule has 5 heteroatoms. The van der Waals surface area contributed by atoms with Crippen LogP contribution in [0, 0.1) is 13.8 Å². The third kappa shape index (κ3) is 2.79. The molecular formula is C13H18N2O3. The van der Waals surface area contributed by atoms with Gasteiger partial charge in [-0.3, -0.25) is 4.98 Å². The number of rotatable bonds is 2. The molecule has 0 aliphatic carbocycles. The smallest absolute Gasteiger partial charge is 0.336 e. The van der Waals surface area contributed by atoms with Crippen molar-refractivity contribution in [3.8, 4) is 0 Å². The number of aryl methyl sites for hydroxylation is 2. The molecule has 0 radical (unpaired) electrons. The van der Waals surface area contributed by atoms with Crippen LogP contribution in [0.15, 0.2) is 12.1 Å². The quantitative estimate of drug-likeness (QED) is 0.735. The lowest BCUT2D eigenvalue weighted by atomic mass is 10.2. The number of morpholine rings is 1. The molecular weight excluding hydrogens is 232 g/mol. The summed E-state index contributed by atoms with van der Waals surface area (Å²) in [5, 5.41) is 0. The zero-order valence-corrected chi connectivity index (χ0v) is 11.0. The number of hydrogen-bond acceptors (Lipinski definition) is 5. The van der Waals surface area contributed by atoms with Crippen molar-refractivity contribution in [2.24, 2.45) is 0 Å². The number of carbonyl (C=O) groups is 1. The number of ether oxygens (including phenoxy) is 2. The maximum absolute atomic E-state index is 11.5. The van der Waals surface area contributed by atoms with Gasteiger partial charge in [-0.2, -0.15) is 0 Å². The van der Waals surface area contributed by atoms with Crippen LogP contribution < -0.4 is 4.90 Å². The van der Waals surface area contributed by atoms with Gasteiger partial charge in [0.15, 0.2) is 6.10 Å². The molecule has 1 aromatic heterocycles. The number of methoxy groups -OCH3 is 1. The molecule has 0 spiro atoms. The van der Waals surface area contributed by atoms with E-state index in [0.29, 0.717) is 13.2 Å². The van der Waals surface area contributed by atoms with E-state index in [2.05, 4.69) is 9.88 Å².